The summed E-state index contributed by atoms with van der Waals surface area (Å²) < 4.78 is 0. The molecule has 0 rings (SSSR count). The van der Waals surface area contributed by atoms with Gasteiger partial charge in [0.2, 0.25) is 0 Å². The van der Waals surface area contributed by atoms with Gasteiger partial charge < -0.3 is 15.3 Å². The van der Waals surface area contributed by atoms with Gasteiger partial charge in [-0.1, -0.05) is 0 Å². The summed E-state index contributed by atoms with van der Waals surface area (Å²) in [4.78, 5) is 27.0. The highest BCUT2D eigenvalue weighted by atomic mass is 16.4. The van der Waals surface area contributed by atoms with Crippen LogP contribution >= 0.6 is 0 Å². The molecule has 14 heavy (non-hydrogen) atoms. The molecule has 0 spiro atoms. The molecule has 0 aliphatic carbocycles. The van der Waals surface area contributed by atoms with Crippen molar-refractivity contribution < 1.29 is 29.7 Å². The molecule has 0 fully saturated rings. The topological polar surface area (TPSA) is 112 Å². The second-order valence-corrected chi connectivity index (χ2v) is 1.56. The first-order chi connectivity index (χ1) is 6.20. The lowest BCUT2D eigenvalue weighted by Crippen LogP contribution is -1.78. The first-order valence-corrected chi connectivity index (χ1v) is 3.28. The van der Waals surface area contributed by atoms with Gasteiger partial charge in [0, 0.05) is 20.8 Å². The lowest BCUT2D eigenvalue weighted by molar-refractivity contribution is -0.135. The van der Waals surface area contributed by atoms with Crippen LogP contribution in [0.5, 0.6) is 0 Å². The van der Waals surface area contributed by atoms with Gasteiger partial charge in [0.15, 0.2) is 0 Å². The van der Waals surface area contributed by atoms with Crippen molar-refractivity contribution in [1.29, 1.82) is 0 Å². The summed E-state index contributed by atoms with van der Waals surface area (Å²) in [6.45, 7) is 9.25. The minimum atomic E-state index is -0.833. The molecule has 0 amide bonds. The number of carboxylic acids is 3. The summed E-state index contributed by atoms with van der Waals surface area (Å²) in [6.07, 6.45) is 0. The van der Waals surface area contributed by atoms with E-state index >= 15 is 0 Å². The molecule has 0 saturated carbocycles. The maximum Gasteiger partial charge on any atom is 0.300 e. The minimum absolute atomic E-state index is 0.833. The number of hydrogen-bond acceptors (Lipinski definition) is 3. The van der Waals surface area contributed by atoms with Crippen LogP contribution in [0.2, 0.25) is 0 Å². The molecule has 0 saturated heterocycles. The fourth-order valence-corrected chi connectivity index (χ4v) is 0. The van der Waals surface area contributed by atoms with Gasteiger partial charge in [0.1, 0.15) is 0 Å². The molecule has 0 aliphatic rings. The van der Waals surface area contributed by atoms with Gasteiger partial charge in [0.25, 0.3) is 17.9 Å². The summed E-state index contributed by atoms with van der Waals surface area (Å²) in [7, 11) is 0. The van der Waals surface area contributed by atoms with E-state index in [-0.39, 0.29) is 0 Å². The first-order valence-electron chi connectivity index (χ1n) is 3.28. The van der Waals surface area contributed by atoms with Crippen LogP contribution in [-0.4, -0.2) is 33.2 Å². The molecule has 0 aromatic heterocycles. The third-order valence-electron chi connectivity index (χ3n) is 0. The second-order valence-electron chi connectivity index (χ2n) is 1.56. The molecule has 0 unspecified atom stereocenters. The van der Waals surface area contributed by atoms with Crippen molar-refractivity contribution in [2.45, 2.75) is 20.8 Å². The number of carboxylic acid groups (broad SMARTS) is 3. The SMILES string of the molecule is C=C.CC(=O)O.CC(=O)O.CC(=O)O. The zero-order chi connectivity index (χ0) is 12.7. The number of hydrogen-bond donors (Lipinski definition) is 3. The summed E-state index contributed by atoms with van der Waals surface area (Å²) in [5, 5.41) is 22.2. The van der Waals surface area contributed by atoms with Crippen LogP contribution in [0, 0.1) is 0 Å². The van der Waals surface area contributed by atoms with Crippen molar-refractivity contribution in [1.82, 2.24) is 0 Å². The summed E-state index contributed by atoms with van der Waals surface area (Å²) in [5.74, 6) is -2.50. The highest BCUT2D eigenvalue weighted by Gasteiger charge is 1.66. The standard InChI is InChI=1S/3C2H4O2.C2H4/c3*1-2(3)4;1-2/h3*1H3,(H,3,4);1-2H2. The quantitative estimate of drug-likeness (QED) is 0.513. The Hall–Kier alpha value is -1.85. The molecule has 3 N–H and O–H groups in total. The van der Waals surface area contributed by atoms with Crippen LogP contribution in [-0.2, 0) is 14.4 Å². The summed E-state index contributed by atoms with van der Waals surface area (Å²) in [6, 6.07) is 0. The molecule has 0 heterocycles. The van der Waals surface area contributed by atoms with E-state index in [1.807, 2.05) is 0 Å². The Morgan fingerprint density at radius 1 is 0.714 bits per heavy atom. The Balaban J connectivity index is -0.0000000492. The lowest BCUT2D eigenvalue weighted by Gasteiger charge is -1.59. The third kappa shape index (κ3) is 248. The van der Waals surface area contributed by atoms with Crippen LogP contribution in [0.15, 0.2) is 13.2 Å². The van der Waals surface area contributed by atoms with Gasteiger partial charge in [-0.3, -0.25) is 14.4 Å². The molecule has 0 aromatic rings. The van der Waals surface area contributed by atoms with E-state index in [4.69, 9.17) is 29.7 Å². The monoisotopic (exact) mass is 208 g/mol. The van der Waals surface area contributed by atoms with Crippen LogP contribution in [0.25, 0.3) is 0 Å². The van der Waals surface area contributed by atoms with Crippen molar-refractivity contribution in [2.24, 2.45) is 0 Å². The molecular formula is C8H16O6. The minimum Gasteiger partial charge on any atom is -0.481 e. The largest absolute Gasteiger partial charge is 0.481 e. The maximum absolute atomic E-state index is 9.00. The molecule has 6 heteroatoms. The van der Waals surface area contributed by atoms with E-state index in [1.165, 1.54) is 0 Å². The van der Waals surface area contributed by atoms with Gasteiger partial charge in [-0.15, -0.1) is 13.2 Å². The highest BCUT2D eigenvalue weighted by molar-refractivity contribution is 5.63. The lowest BCUT2D eigenvalue weighted by atomic mass is 10.9. The molecule has 0 aromatic carbocycles. The Labute approximate surface area is 82.5 Å². The van der Waals surface area contributed by atoms with Crippen LogP contribution in [0.4, 0.5) is 0 Å². The Bertz CT molecular complexity index is 123. The van der Waals surface area contributed by atoms with Crippen LogP contribution in [0.3, 0.4) is 0 Å². The van der Waals surface area contributed by atoms with Crippen molar-refractivity contribution in [3.63, 3.8) is 0 Å². The van der Waals surface area contributed by atoms with Crippen LogP contribution < -0.4 is 0 Å². The predicted molar refractivity (Wildman–Crippen MR) is 51.2 cm³/mol. The molecule has 0 bridgehead atoms. The molecule has 84 valence electrons. The Morgan fingerprint density at radius 3 is 0.714 bits per heavy atom. The fourth-order valence-electron chi connectivity index (χ4n) is 0. The van der Waals surface area contributed by atoms with Crippen molar-refractivity contribution >= 4 is 17.9 Å². The van der Waals surface area contributed by atoms with Crippen molar-refractivity contribution in [3.05, 3.63) is 13.2 Å². The molecule has 0 atom stereocenters. The van der Waals surface area contributed by atoms with Gasteiger partial charge in [0.05, 0.1) is 0 Å². The fraction of sp³-hybridized carbons (Fsp3) is 0.375. The number of rotatable bonds is 0. The molecule has 0 aliphatic heterocycles. The van der Waals surface area contributed by atoms with E-state index in [0.29, 0.717) is 0 Å². The normalized spacial score (nSPS) is 5.64. The Kier molecular flexibility index (Phi) is 36.5. The van der Waals surface area contributed by atoms with E-state index in [9.17, 15) is 0 Å². The zero-order valence-corrected chi connectivity index (χ0v) is 8.48. The van der Waals surface area contributed by atoms with Crippen LogP contribution in [0.1, 0.15) is 20.8 Å². The second kappa shape index (κ2) is 22.5. The number of aliphatic carboxylic acids is 3. The van der Waals surface area contributed by atoms with E-state index in [1.54, 1.807) is 0 Å². The molecule has 0 radical (unpaired) electrons. The van der Waals surface area contributed by atoms with Gasteiger partial charge in [-0.2, -0.15) is 0 Å². The zero-order valence-electron chi connectivity index (χ0n) is 8.48. The van der Waals surface area contributed by atoms with E-state index in [2.05, 4.69) is 13.2 Å². The molecular weight excluding hydrogens is 192 g/mol. The van der Waals surface area contributed by atoms with Gasteiger partial charge in [-0.25, -0.2) is 0 Å². The average Bonchev–Trinajstić information content (AvgIpc) is 1.86. The van der Waals surface area contributed by atoms with Crippen molar-refractivity contribution in [2.75, 3.05) is 0 Å². The highest BCUT2D eigenvalue weighted by Crippen LogP contribution is 1.42. The number of carbonyl (C=O) groups is 3. The maximum atomic E-state index is 9.00. The molecule has 6 nitrogen and oxygen atoms in total. The van der Waals surface area contributed by atoms with Crippen molar-refractivity contribution in [3.8, 4) is 0 Å². The third-order valence-corrected chi connectivity index (χ3v) is 0. The summed E-state index contributed by atoms with van der Waals surface area (Å²) in [5.41, 5.74) is 0. The average molecular weight is 208 g/mol. The predicted octanol–water partition coefficient (Wildman–Crippen LogP) is 1.07. The Morgan fingerprint density at radius 2 is 0.714 bits per heavy atom. The van der Waals surface area contributed by atoms with E-state index in [0.717, 1.165) is 20.8 Å². The smallest absolute Gasteiger partial charge is 0.300 e. The van der Waals surface area contributed by atoms with Gasteiger partial charge in [-0.05, 0) is 0 Å². The van der Waals surface area contributed by atoms with Gasteiger partial charge >= 0.3 is 0 Å². The van der Waals surface area contributed by atoms with E-state index < -0.39 is 17.9 Å². The first kappa shape index (κ1) is 22.7. The summed E-state index contributed by atoms with van der Waals surface area (Å²) >= 11 is 0.